The summed E-state index contributed by atoms with van der Waals surface area (Å²) in [6, 6.07) is 0.664. The third kappa shape index (κ3) is 4.08. The van der Waals surface area contributed by atoms with Gasteiger partial charge in [-0.05, 0) is 12.8 Å². The van der Waals surface area contributed by atoms with E-state index in [9.17, 15) is 0 Å². The van der Waals surface area contributed by atoms with Gasteiger partial charge in [-0.1, -0.05) is 37.0 Å². The van der Waals surface area contributed by atoms with Crippen LogP contribution in [0, 0.1) is 0 Å². The molecule has 0 saturated heterocycles. The molecule has 0 unspecified atom stereocenters. The van der Waals surface area contributed by atoms with Gasteiger partial charge < -0.3 is 15.0 Å². The fourth-order valence-corrected chi connectivity index (χ4v) is 3.41. The second-order valence-electron chi connectivity index (χ2n) is 5.39. The molecule has 0 bridgehead atoms. The predicted octanol–water partition coefficient (Wildman–Crippen LogP) is 3.03. The van der Waals surface area contributed by atoms with Gasteiger partial charge in [-0.25, -0.2) is 0 Å². The maximum atomic E-state index is 5.37. The number of rotatable bonds is 5. The standard InChI is InChI=1S/C14H25N3OS/c1-17(2)14-16-13(18-3)12(19-14)10-15-11-8-6-4-5-7-9-11/h11,15H,4-10H2,1-3H3. The van der Waals surface area contributed by atoms with Crippen LogP contribution in [0.3, 0.4) is 0 Å². The molecule has 5 heteroatoms. The highest BCUT2D eigenvalue weighted by atomic mass is 32.1. The quantitative estimate of drug-likeness (QED) is 0.843. The van der Waals surface area contributed by atoms with Crippen LogP contribution >= 0.6 is 11.3 Å². The van der Waals surface area contributed by atoms with E-state index in [0.717, 1.165) is 17.6 Å². The molecule has 19 heavy (non-hydrogen) atoms. The third-order valence-electron chi connectivity index (χ3n) is 3.63. The van der Waals surface area contributed by atoms with Gasteiger partial charge in [-0.2, -0.15) is 4.98 Å². The molecule has 0 radical (unpaired) electrons. The number of hydrogen-bond donors (Lipinski definition) is 1. The Hall–Kier alpha value is -0.810. The van der Waals surface area contributed by atoms with Crippen LogP contribution < -0.4 is 15.0 Å². The Morgan fingerprint density at radius 3 is 2.53 bits per heavy atom. The number of anilines is 1. The van der Waals surface area contributed by atoms with Gasteiger partial charge in [0.2, 0.25) is 5.88 Å². The number of nitrogens with one attached hydrogen (secondary N) is 1. The first-order valence-corrected chi connectivity index (χ1v) is 7.96. The topological polar surface area (TPSA) is 37.4 Å². The maximum Gasteiger partial charge on any atom is 0.230 e. The Kier molecular flexibility index (Phi) is 5.45. The summed E-state index contributed by atoms with van der Waals surface area (Å²) in [6.45, 7) is 0.874. The lowest BCUT2D eigenvalue weighted by atomic mass is 10.1. The number of nitrogens with zero attached hydrogens (tertiary/aromatic N) is 2. The van der Waals surface area contributed by atoms with Gasteiger partial charge in [-0.15, -0.1) is 0 Å². The first-order chi connectivity index (χ1) is 9.20. The normalized spacial score (nSPS) is 17.2. The van der Waals surface area contributed by atoms with Crippen molar-refractivity contribution in [2.75, 3.05) is 26.1 Å². The average Bonchev–Trinajstić information content (AvgIpc) is 2.64. The molecule has 1 heterocycles. The third-order valence-corrected chi connectivity index (χ3v) is 4.84. The minimum Gasteiger partial charge on any atom is -0.480 e. The van der Waals surface area contributed by atoms with Crippen LogP contribution in [0.25, 0.3) is 0 Å². The molecule has 0 aromatic carbocycles. The van der Waals surface area contributed by atoms with Crippen molar-refractivity contribution in [3.05, 3.63) is 4.88 Å². The molecule has 1 aliphatic carbocycles. The Morgan fingerprint density at radius 2 is 1.95 bits per heavy atom. The fraction of sp³-hybridized carbons (Fsp3) is 0.786. The SMILES string of the molecule is COc1nc(N(C)C)sc1CNC1CCCCCC1. The first kappa shape index (κ1) is 14.6. The van der Waals surface area contributed by atoms with Gasteiger partial charge in [0, 0.05) is 26.7 Å². The molecule has 1 aromatic rings. The Labute approximate surface area is 120 Å². The number of thiazole rings is 1. The van der Waals surface area contributed by atoms with Crippen LogP contribution in [0.2, 0.25) is 0 Å². The second kappa shape index (κ2) is 7.10. The first-order valence-electron chi connectivity index (χ1n) is 7.15. The van der Waals surface area contributed by atoms with Crippen LogP contribution in [-0.2, 0) is 6.54 Å². The van der Waals surface area contributed by atoms with E-state index in [0.29, 0.717) is 6.04 Å². The predicted molar refractivity (Wildman–Crippen MR) is 81.3 cm³/mol. The summed E-state index contributed by atoms with van der Waals surface area (Å²) < 4.78 is 5.37. The lowest BCUT2D eigenvalue weighted by molar-refractivity contribution is 0.390. The summed E-state index contributed by atoms with van der Waals surface area (Å²) in [7, 11) is 5.73. The number of hydrogen-bond acceptors (Lipinski definition) is 5. The van der Waals surface area contributed by atoms with Gasteiger partial charge >= 0.3 is 0 Å². The Bertz CT molecular complexity index is 384. The molecule has 1 N–H and O–H groups in total. The Balaban J connectivity index is 1.94. The summed E-state index contributed by atoms with van der Waals surface area (Å²) >= 11 is 1.71. The molecule has 2 rings (SSSR count). The maximum absolute atomic E-state index is 5.37. The van der Waals surface area contributed by atoms with Crippen molar-refractivity contribution in [1.82, 2.24) is 10.3 Å². The van der Waals surface area contributed by atoms with Crippen molar-refractivity contribution >= 4 is 16.5 Å². The highest BCUT2D eigenvalue weighted by Crippen LogP contribution is 2.30. The van der Waals surface area contributed by atoms with Crippen molar-refractivity contribution in [3.8, 4) is 5.88 Å². The lowest BCUT2D eigenvalue weighted by Gasteiger charge is -2.15. The molecular weight excluding hydrogens is 258 g/mol. The van der Waals surface area contributed by atoms with E-state index in [4.69, 9.17) is 4.74 Å². The molecule has 1 fully saturated rings. The zero-order valence-corrected chi connectivity index (χ0v) is 13.1. The van der Waals surface area contributed by atoms with Gasteiger partial charge in [0.15, 0.2) is 5.13 Å². The van der Waals surface area contributed by atoms with Crippen LogP contribution in [0.1, 0.15) is 43.4 Å². The fourth-order valence-electron chi connectivity index (χ4n) is 2.51. The summed E-state index contributed by atoms with van der Waals surface area (Å²) in [5.41, 5.74) is 0. The van der Waals surface area contributed by atoms with Gasteiger partial charge in [0.1, 0.15) is 0 Å². The van der Waals surface area contributed by atoms with E-state index in [1.165, 1.54) is 43.4 Å². The summed E-state index contributed by atoms with van der Waals surface area (Å²) in [5, 5.41) is 4.69. The van der Waals surface area contributed by atoms with E-state index in [1.807, 2.05) is 19.0 Å². The average molecular weight is 283 g/mol. The van der Waals surface area contributed by atoms with E-state index < -0.39 is 0 Å². The van der Waals surface area contributed by atoms with Gasteiger partial charge in [0.05, 0.1) is 12.0 Å². The summed E-state index contributed by atoms with van der Waals surface area (Å²) in [4.78, 5) is 7.73. The number of aromatic nitrogens is 1. The molecule has 108 valence electrons. The molecule has 0 amide bonds. The van der Waals surface area contributed by atoms with Crippen molar-refractivity contribution in [3.63, 3.8) is 0 Å². The highest BCUT2D eigenvalue weighted by molar-refractivity contribution is 7.15. The highest BCUT2D eigenvalue weighted by Gasteiger charge is 2.16. The van der Waals surface area contributed by atoms with Crippen LogP contribution in [0.5, 0.6) is 5.88 Å². The molecule has 1 aromatic heterocycles. The van der Waals surface area contributed by atoms with Gasteiger partial charge in [-0.3, -0.25) is 0 Å². The monoisotopic (exact) mass is 283 g/mol. The minimum atomic E-state index is 0.664. The zero-order valence-electron chi connectivity index (χ0n) is 12.2. The van der Waals surface area contributed by atoms with Crippen molar-refractivity contribution in [2.45, 2.75) is 51.1 Å². The smallest absolute Gasteiger partial charge is 0.230 e. The molecule has 0 atom stereocenters. The van der Waals surface area contributed by atoms with Crippen LogP contribution in [-0.4, -0.2) is 32.2 Å². The van der Waals surface area contributed by atoms with Crippen molar-refractivity contribution in [1.29, 1.82) is 0 Å². The zero-order chi connectivity index (χ0) is 13.7. The lowest BCUT2D eigenvalue weighted by Crippen LogP contribution is -2.27. The second-order valence-corrected chi connectivity index (χ2v) is 6.45. The molecular formula is C14H25N3OS. The molecule has 0 spiro atoms. The molecule has 4 nitrogen and oxygen atoms in total. The van der Waals surface area contributed by atoms with E-state index >= 15 is 0 Å². The van der Waals surface area contributed by atoms with Crippen molar-refractivity contribution in [2.24, 2.45) is 0 Å². The summed E-state index contributed by atoms with van der Waals surface area (Å²) in [6.07, 6.45) is 8.13. The largest absolute Gasteiger partial charge is 0.480 e. The van der Waals surface area contributed by atoms with E-state index in [2.05, 4.69) is 10.3 Å². The molecule has 1 aliphatic rings. The van der Waals surface area contributed by atoms with Crippen LogP contribution in [0.4, 0.5) is 5.13 Å². The van der Waals surface area contributed by atoms with E-state index in [-0.39, 0.29) is 0 Å². The molecule has 0 aliphatic heterocycles. The molecule has 1 saturated carbocycles. The van der Waals surface area contributed by atoms with Gasteiger partial charge in [0.25, 0.3) is 0 Å². The van der Waals surface area contributed by atoms with E-state index in [1.54, 1.807) is 18.4 Å². The van der Waals surface area contributed by atoms with Crippen LogP contribution in [0.15, 0.2) is 0 Å². The number of ether oxygens (including phenoxy) is 1. The Morgan fingerprint density at radius 1 is 1.26 bits per heavy atom. The summed E-state index contributed by atoms with van der Waals surface area (Å²) in [5.74, 6) is 0.773. The number of methoxy groups -OCH3 is 1. The van der Waals surface area contributed by atoms with Crippen molar-refractivity contribution < 1.29 is 4.74 Å². The minimum absolute atomic E-state index is 0.664.